The first-order valence-electron chi connectivity index (χ1n) is 39.1. The molecule has 660 valence electrons. The number of nitrogens with zero attached hydrogens (tertiary/aromatic N) is 8. The van der Waals surface area contributed by atoms with Crippen molar-refractivity contribution in [3.8, 4) is 0 Å². The normalized spacial score (nSPS) is 18.1. The zero-order chi connectivity index (χ0) is 90.6. The molecule has 0 saturated carbocycles. The Morgan fingerprint density at radius 1 is 0.376 bits per heavy atom. The average Bonchev–Trinajstić information content (AvgIpc) is 1.72. The maximum atomic E-state index is 13.3. The Morgan fingerprint density at radius 2 is 0.648 bits per heavy atom. The Balaban J connectivity index is 0.000000165. The van der Waals surface area contributed by atoms with E-state index in [9.17, 15) is 101 Å². The summed E-state index contributed by atoms with van der Waals surface area (Å²) in [7, 11) is -18.1. The summed E-state index contributed by atoms with van der Waals surface area (Å²) in [4.78, 5) is 103. The van der Waals surface area contributed by atoms with Crippen LogP contribution in [0.5, 0.6) is 0 Å². The monoisotopic (exact) mass is 1810 g/mol. The number of nitro benzene ring substituents is 3. The van der Waals surface area contributed by atoms with Crippen molar-refractivity contribution in [1.82, 2.24) is 21.5 Å². The number of urea groups is 1. The Morgan fingerprint density at radius 3 is 0.984 bits per heavy atom. The fourth-order valence-electron chi connectivity index (χ4n) is 14.4. The Bertz CT molecular complexity index is 5970. The van der Waals surface area contributed by atoms with E-state index in [0.29, 0.717) is 87.1 Å². The third-order valence-corrected chi connectivity index (χ3v) is 30.4. The van der Waals surface area contributed by atoms with E-state index in [4.69, 9.17) is 10.8 Å². The number of anilines is 4. The maximum absolute atomic E-state index is 13.3. The number of aliphatic carboxylic acids is 1. The number of benzene rings is 9. The molecule has 6 N–H and O–H groups in total. The lowest BCUT2D eigenvalue weighted by molar-refractivity contribution is -0.385. The molecular weight excluding hydrogens is 1720 g/mol. The fraction of sp³-hybridized carbons (Fsp3) is 0.286. The molecule has 9 aromatic rings. The Labute approximate surface area is 721 Å². The van der Waals surface area contributed by atoms with Gasteiger partial charge in [-0.15, -0.1) is 0 Å². The predicted molar refractivity (Wildman–Crippen MR) is 460 cm³/mol. The minimum Gasteiger partial charge on any atom is -0.480 e. The Hall–Kier alpha value is -12.5. The van der Waals surface area contributed by atoms with E-state index >= 15 is 0 Å². The van der Waals surface area contributed by atoms with Crippen molar-refractivity contribution in [3.63, 3.8) is 0 Å². The van der Waals surface area contributed by atoms with Gasteiger partial charge in [-0.2, -0.15) is 21.5 Å². The van der Waals surface area contributed by atoms with Crippen LogP contribution in [0.3, 0.4) is 0 Å². The second-order valence-corrected chi connectivity index (χ2v) is 38.6. The summed E-state index contributed by atoms with van der Waals surface area (Å²) >= 11 is 0. The number of carboxylic acid groups (broad SMARTS) is 1. The standard InChI is InChI=1S/C25H26N4O4S.C18H18N2O5S.C18H20N2O3S.C12H14N2O6S.C11H12N2O6S/c1-18-9-11-20(12-10-18)27-25(31)28-21-13-15-22(16-14-21)34(32,33)29-17-5-8-23(29)24(30)26-19-6-3-2-4-7-19;21-18(13-14-5-2-1-3-6-14)17-7-4-12-19(17)26(24,25)16-10-8-15(9-11-16)20(22)23;19-15-8-10-16(11-9-15)24(22,23)20-12-4-7-17(20)18(21)13-14-5-2-1-3-6-14;1-20-12(15)11-3-2-8-13(11)21(18,19)10-6-4-9(5-7-10)14(16)17;14-11(15)10-2-1-7-12(10)20(18,19)9-5-3-8(4-6-9)13(16)17/h2-4,6-7,9-16,23H,5,8,17H2,1H3,(H,26,30)(H2,27,28,31);1-3,5-6,8-11,17H,4,7,12-13H2;1-3,5-6,8-11,17H,4,7,12-13,19H2;4-7,11H,2-3,8H2,1H3;3-6,10H,1-2,7H2,(H,14,15)/t23-;2*17-;11-;10-/m10000/s1. The minimum absolute atomic E-state index is 0.0393. The average molecular weight is 1810 g/mol. The molecule has 0 aliphatic carbocycles. The van der Waals surface area contributed by atoms with E-state index in [1.807, 2.05) is 85.8 Å². The number of para-hydroxylation sites is 1. The van der Waals surface area contributed by atoms with Gasteiger partial charge in [0.05, 0.1) is 58.4 Å². The highest BCUT2D eigenvalue weighted by atomic mass is 32.2. The van der Waals surface area contributed by atoms with E-state index in [1.165, 1.54) is 80.7 Å². The molecule has 5 atom stereocenters. The number of aryl methyl sites for hydroxylation is 1. The molecule has 5 heterocycles. The molecule has 0 aromatic heterocycles. The van der Waals surface area contributed by atoms with Gasteiger partial charge >= 0.3 is 18.0 Å². The van der Waals surface area contributed by atoms with Crippen molar-refractivity contribution in [1.29, 1.82) is 0 Å². The van der Waals surface area contributed by atoms with Crippen molar-refractivity contribution < 1.29 is 95.5 Å². The molecule has 36 nitrogen and oxygen atoms in total. The number of hydrogen-bond acceptors (Lipinski definition) is 24. The number of carboxylic acids is 1. The van der Waals surface area contributed by atoms with E-state index < -0.39 is 113 Å². The number of nitrogen functional groups attached to an aromatic ring is 1. The van der Waals surface area contributed by atoms with E-state index in [1.54, 1.807) is 48.5 Å². The highest BCUT2D eigenvalue weighted by Gasteiger charge is 2.45. The molecule has 5 aliphatic rings. The van der Waals surface area contributed by atoms with Gasteiger partial charge in [-0.1, -0.05) is 96.6 Å². The summed E-state index contributed by atoms with van der Waals surface area (Å²) in [5.41, 5.74) is 10.1. The van der Waals surface area contributed by atoms with Crippen LogP contribution in [0.25, 0.3) is 0 Å². The SMILES string of the molecule is COC(=O)[C@@H]1CCCN1S(=O)(=O)c1ccc([N+](=O)[O-])cc1.Cc1ccc(NC(=O)Nc2ccc(S(=O)(=O)N3CCC[C@@H]3C(=O)Nc3ccccc3)cc2)cc1.Nc1ccc(S(=O)(=O)N2CCC[C@H]2C(=O)Cc2ccccc2)cc1.O=C(Cc1ccccc1)[C@@H]1CCCN1S(=O)(=O)c1ccc([N+](=O)[O-])cc1.O=C(O)[C@@H]1CCCN1S(=O)(=O)c1ccc([N+](=O)[O-])cc1. The van der Waals surface area contributed by atoms with Gasteiger partial charge in [-0.25, -0.2) is 46.9 Å². The third kappa shape index (κ3) is 24.1. The largest absolute Gasteiger partial charge is 0.480 e. The first-order valence-corrected chi connectivity index (χ1v) is 46.3. The molecule has 0 bridgehead atoms. The number of nitro groups is 3. The molecule has 0 radical (unpaired) electrons. The number of sulfonamides is 5. The van der Waals surface area contributed by atoms with Gasteiger partial charge in [0.25, 0.3) is 17.1 Å². The third-order valence-electron chi connectivity index (χ3n) is 20.8. The van der Waals surface area contributed by atoms with Gasteiger partial charge in [-0.3, -0.25) is 54.3 Å². The van der Waals surface area contributed by atoms with Gasteiger partial charge < -0.3 is 31.5 Å². The number of carbonyl (C=O) groups excluding carboxylic acids is 5. The summed E-state index contributed by atoms with van der Waals surface area (Å²) in [6.07, 6.45) is 5.54. The summed E-state index contributed by atoms with van der Waals surface area (Å²) in [5, 5.41) is 49.1. The number of amides is 3. The topological polar surface area (TPSA) is 510 Å². The van der Waals surface area contributed by atoms with Crippen LogP contribution in [0.2, 0.25) is 0 Å². The maximum Gasteiger partial charge on any atom is 0.324 e. The van der Waals surface area contributed by atoms with Gasteiger partial charge in [0.1, 0.15) is 18.1 Å². The number of nitrogens with one attached hydrogen (secondary N) is 3. The molecule has 0 spiro atoms. The van der Waals surface area contributed by atoms with Crippen molar-refractivity contribution in [2.75, 3.05) is 61.5 Å². The number of Topliss-reactive ketones (excluding diaryl/α,β-unsaturated/α-hetero) is 2. The number of rotatable bonds is 25. The number of carbonyl (C=O) groups is 6. The molecule has 5 aliphatic heterocycles. The van der Waals surface area contributed by atoms with Gasteiger partial charge in [0.2, 0.25) is 56.0 Å². The van der Waals surface area contributed by atoms with Crippen LogP contribution in [0.15, 0.2) is 261 Å². The molecular formula is C84H90N12O24S5. The van der Waals surface area contributed by atoms with Crippen LogP contribution < -0.4 is 21.7 Å². The van der Waals surface area contributed by atoms with Crippen molar-refractivity contribution in [3.05, 3.63) is 284 Å². The van der Waals surface area contributed by atoms with Gasteiger partial charge in [0.15, 0.2) is 11.6 Å². The number of ketones is 2. The molecule has 3 amide bonds. The van der Waals surface area contributed by atoms with Crippen LogP contribution in [-0.2, 0) is 91.7 Å². The first-order chi connectivity index (χ1) is 59.4. The van der Waals surface area contributed by atoms with Gasteiger partial charge in [-0.05, 0) is 191 Å². The zero-order valence-electron chi connectivity index (χ0n) is 67.5. The first kappa shape index (κ1) is 94.8. The Kier molecular flexibility index (Phi) is 32.1. The van der Waals surface area contributed by atoms with Crippen molar-refractivity contribution in [2.45, 2.75) is 139 Å². The lowest BCUT2D eigenvalue weighted by atomic mass is 10.0. The van der Waals surface area contributed by atoms with E-state index in [2.05, 4.69) is 20.7 Å². The second kappa shape index (κ2) is 42.3. The minimum atomic E-state index is -3.95. The van der Waals surface area contributed by atoms with Crippen LogP contribution in [0.1, 0.15) is 80.9 Å². The van der Waals surface area contributed by atoms with Crippen LogP contribution in [-0.4, -0.2) is 189 Å². The summed E-state index contributed by atoms with van der Waals surface area (Å²) < 4.78 is 138. The quantitative estimate of drug-likeness (QED) is 0.0154. The number of esters is 1. The predicted octanol–water partition coefficient (Wildman–Crippen LogP) is 11.0. The lowest BCUT2D eigenvalue weighted by Gasteiger charge is -2.23. The smallest absolute Gasteiger partial charge is 0.324 e. The summed E-state index contributed by atoms with van der Waals surface area (Å²) in [6.45, 7) is 3.23. The lowest BCUT2D eigenvalue weighted by Crippen LogP contribution is -2.43. The van der Waals surface area contributed by atoms with Crippen molar-refractivity contribution in [2.24, 2.45) is 0 Å². The molecule has 14 rings (SSSR count). The summed E-state index contributed by atoms with van der Waals surface area (Å²) in [5.74, 6) is -2.33. The van der Waals surface area contributed by atoms with Crippen molar-refractivity contribution >= 4 is 125 Å². The highest BCUT2D eigenvalue weighted by Crippen LogP contribution is 2.35. The molecule has 5 fully saturated rings. The number of nitrogens with two attached hydrogens (primary N) is 1. The fourth-order valence-corrected chi connectivity index (χ4v) is 22.7. The number of methoxy groups -OCH3 is 1. The molecule has 0 unspecified atom stereocenters. The molecule has 5 saturated heterocycles. The summed E-state index contributed by atoms with van der Waals surface area (Å²) in [6, 6.07) is 56.2. The molecule has 125 heavy (non-hydrogen) atoms. The zero-order valence-corrected chi connectivity index (χ0v) is 71.5. The second-order valence-electron chi connectivity index (χ2n) is 29.1. The van der Waals surface area contributed by atoms with Crippen LogP contribution >= 0.6 is 0 Å². The van der Waals surface area contributed by atoms with E-state index in [-0.39, 0.29) is 104 Å². The van der Waals surface area contributed by atoms with Crippen LogP contribution in [0.4, 0.5) is 44.6 Å². The van der Waals surface area contributed by atoms with E-state index in [0.717, 1.165) is 73.8 Å². The number of ether oxygens (including phenoxy) is 1. The van der Waals surface area contributed by atoms with Gasteiger partial charge in [0, 0.05) is 105 Å². The number of hydrogen-bond donors (Lipinski definition) is 5. The van der Waals surface area contributed by atoms with Crippen LogP contribution in [0, 0.1) is 37.3 Å². The molecule has 41 heteroatoms. The molecule has 9 aromatic carbocycles. The highest BCUT2D eigenvalue weighted by molar-refractivity contribution is 7.90. The number of non-ortho nitro benzene ring substituents is 3.